The first-order valence-corrected chi connectivity index (χ1v) is 7.07. The maximum absolute atomic E-state index is 5.54. The van der Waals surface area contributed by atoms with Crippen molar-refractivity contribution in [3.8, 4) is 5.75 Å². The van der Waals surface area contributed by atoms with Gasteiger partial charge in [0.1, 0.15) is 5.75 Å². The molecule has 1 saturated carbocycles. The van der Waals surface area contributed by atoms with Gasteiger partial charge in [-0.15, -0.1) is 0 Å². The molecule has 1 aliphatic rings. The number of hydrogen-bond donors (Lipinski definition) is 1. The number of hydrogen-bond acceptors (Lipinski definition) is 2. The van der Waals surface area contributed by atoms with Crippen molar-refractivity contribution >= 4 is 0 Å². The fraction of sp³-hybridized carbons (Fsp3) is 0.625. The topological polar surface area (TPSA) is 21.3 Å². The van der Waals surface area contributed by atoms with Crippen LogP contribution >= 0.6 is 0 Å². The molecule has 2 heteroatoms. The molecule has 0 saturated heterocycles. The molecule has 0 heterocycles. The highest BCUT2D eigenvalue weighted by Gasteiger charge is 2.38. The van der Waals surface area contributed by atoms with E-state index >= 15 is 0 Å². The van der Waals surface area contributed by atoms with Crippen LogP contribution in [0, 0.1) is 5.41 Å². The fourth-order valence-corrected chi connectivity index (χ4v) is 3.31. The lowest BCUT2D eigenvalue weighted by Gasteiger charge is -2.36. The molecule has 1 aliphatic carbocycles. The summed E-state index contributed by atoms with van der Waals surface area (Å²) < 4.78 is 5.54. The van der Waals surface area contributed by atoms with Crippen molar-refractivity contribution in [3.05, 3.63) is 29.8 Å². The average molecular weight is 247 g/mol. The van der Waals surface area contributed by atoms with E-state index in [1.165, 1.54) is 31.2 Å². The molecular formula is C16H25NO. The summed E-state index contributed by atoms with van der Waals surface area (Å²) in [5, 5.41) is 3.68. The molecular weight excluding hydrogens is 222 g/mol. The SMILES string of the molecule is CCNC(c1ccccc1OC)C1(C)CCCC1. The van der Waals surface area contributed by atoms with Crippen LogP contribution in [0.5, 0.6) is 5.75 Å². The van der Waals surface area contributed by atoms with Gasteiger partial charge in [0.25, 0.3) is 0 Å². The third kappa shape index (κ3) is 2.54. The molecule has 18 heavy (non-hydrogen) atoms. The van der Waals surface area contributed by atoms with Crippen molar-refractivity contribution in [2.45, 2.75) is 45.6 Å². The Bertz CT molecular complexity index is 382. The number of nitrogens with one attached hydrogen (secondary N) is 1. The van der Waals surface area contributed by atoms with E-state index in [0.29, 0.717) is 11.5 Å². The Labute approximate surface area is 111 Å². The largest absolute Gasteiger partial charge is 0.496 e. The summed E-state index contributed by atoms with van der Waals surface area (Å²) in [6.07, 6.45) is 5.33. The minimum atomic E-state index is 0.366. The summed E-state index contributed by atoms with van der Waals surface area (Å²) in [4.78, 5) is 0. The molecule has 1 atom stereocenters. The van der Waals surface area contributed by atoms with Crippen LogP contribution in [0.3, 0.4) is 0 Å². The summed E-state index contributed by atoms with van der Waals surface area (Å²) >= 11 is 0. The van der Waals surface area contributed by atoms with Crippen LogP contribution in [0.25, 0.3) is 0 Å². The molecule has 0 bridgehead atoms. The summed E-state index contributed by atoms with van der Waals surface area (Å²) in [7, 11) is 1.76. The van der Waals surface area contributed by atoms with E-state index in [-0.39, 0.29) is 0 Å². The molecule has 1 unspecified atom stereocenters. The number of rotatable bonds is 5. The number of methoxy groups -OCH3 is 1. The fourth-order valence-electron chi connectivity index (χ4n) is 3.31. The van der Waals surface area contributed by atoms with Gasteiger partial charge >= 0.3 is 0 Å². The van der Waals surface area contributed by atoms with Crippen LogP contribution in [0.4, 0.5) is 0 Å². The zero-order chi connectivity index (χ0) is 13.0. The normalized spacial score (nSPS) is 19.7. The average Bonchev–Trinajstić information content (AvgIpc) is 2.84. The maximum Gasteiger partial charge on any atom is 0.123 e. The molecule has 0 aromatic heterocycles. The van der Waals surface area contributed by atoms with Gasteiger partial charge in [-0.25, -0.2) is 0 Å². The summed E-state index contributed by atoms with van der Waals surface area (Å²) in [6.45, 7) is 5.60. The van der Waals surface area contributed by atoms with Crippen molar-refractivity contribution in [2.24, 2.45) is 5.41 Å². The highest BCUT2D eigenvalue weighted by molar-refractivity contribution is 5.37. The number of para-hydroxylation sites is 1. The van der Waals surface area contributed by atoms with E-state index in [1.807, 2.05) is 6.07 Å². The Hall–Kier alpha value is -1.02. The lowest BCUT2D eigenvalue weighted by molar-refractivity contribution is 0.221. The van der Waals surface area contributed by atoms with E-state index < -0.39 is 0 Å². The zero-order valence-electron chi connectivity index (χ0n) is 11.8. The standard InChI is InChI=1S/C16H25NO/c1-4-17-15(16(2)11-7-8-12-16)13-9-5-6-10-14(13)18-3/h5-6,9-10,15,17H,4,7-8,11-12H2,1-3H3. The lowest BCUT2D eigenvalue weighted by atomic mass is 9.77. The van der Waals surface area contributed by atoms with E-state index in [1.54, 1.807) is 7.11 Å². The van der Waals surface area contributed by atoms with Crippen molar-refractivity contribution in [3.63, 3.8) is 0 Å². The molecule has 1 aromatic carbocycles. The van der Waals surface area contributed by atoms with Gasteiger partial charge in [-0.3, -0.25) is 0 Å². The van der Waals surface area contributed by atoms with E-state index in [4.69, 9.17) is 4.74 Å². The van der Waals surface area contributed by atoms with Gasteiger partial charge in [0, 0.05) is 11.6 Å². The highest BCUT2D eigenvalue weighted by atomic mass is 16.5. The lowest BCUT2D eigenvalue weighted by Crippen LogP contribution is -2.34. The summed E-state index contributed by atoms with van der Waals surface area (Å²) in [5.41, 5.74) is 1.68. The second kappa shape index (κ2) is 5.75. The van der Waals surface area contributed by atoms with Gasteiger partial charge in [-0.2, -0.15) is 0 Å². The van der Waals surface area contributed by atoms with Crippen molar-refractivity contribution in [2.75, 3.05) is 13.7 Å². The molecule has 1 aromatic rings. The van der Waals surface area contributed by atoms with Crippen molar-refractivity contribution in [1.29, 1.82) is 0 Å². The predicted molar refractivity (Wildman–Crippen MR) is 76.0 cm³/mol. The minimum Gasteiger partial charge on any atom is -0.496 e. The van der Waals surface area contributed by atoms with E-state index in [0.717, 1.165) is 12.3 Å². The highest BCUT2D eigenvalue weighted by Crippen LogP contribution is 2.48. The zero-order valence-corrected chi connectivity index (χ0v) is 11.8. The minimum absolute atomic E-state index is 0.366. The van der Waals surface area contributed by atoms with E-state index in [2.05, 4.69) is 37.4 Å². The smallest absolute Gasteiger partial charge is 0.123 e. The second-order valence-corrected chi connectivity index (χ2v) is 5.59. The quantitative estimate of drug-likeness (QED) is 0.851. The van der Waals surface area contributed by atoms with Gasteiger partial charge in [0.2, 0.25) is 0 Å². The van der Waals surface area contributed by atoms with Crippen LogP contribution in [-0.4, -0.2) is 13.7 Å². The van der Waals surface area contributed by atoms with Gasteiger partial charge in [0.05, 0.1) is 7.11 Å². The first kappa shape index (κ1) is 13.4. The third-order valence-corrected chi connectivity index (χ3v) is 4.30. The van der Waals surface area contributed by atoms with Crippen molar-refractivity contribution in [1.82, 2.24) is 5.32 Å². The Morgan fingerprint density at radius 3 is 2.56 bits per heavy atom. The first-order chi connectivity index (χ1) is 8.71. The van der Waals surface area contributed by atoms with Crippen LogP contribution in [0.15, 0.2) is 24.3 Å². The van der Waals surface area contributed by atoms with Gasteiger partial charge in [-0.05, 0) is 30.9 Å². The molecule has 1 N–H and O–H groups in total. The second-order valence-electron chi connectivity index (χ2n) is 5.59. The van der Waals surface area contributed by atoms with Crippen molar-refractivity contribution < 1.29 is 4.74 Å². The third-order valence-electron chi connectivity index (χ3n) is 4.30. The van der Waals surface area contributed by atoms with Gasteiger partial charge < -0.3 is 10.1 Å². The van der Waals surface area contributed by atoms with E-state index in [9.17, 15) is 0 Å². The van der Waals surface area contributed by atoms with Crippen LogP contribution in [0.1, 0.15) is 51.1 Å². The van der Waals surface area contributed by atoms with Crippen LogP contribution < -0.4 is 10.1 Å². The number of ether oxygens (including phenoxy) is 1. The molecule has 2 rings (SSSR count). The molecule has 0 aliphatic heterocycles. The molecule has 0 spiro atoms. The Balaban J connectivity index is 2.34. The van der Waals surface area contributed by atoms with Crippen LogP contribution in [-0.2, 0) is 0 Å². The predicted octanol–water partition coefficient (Wildman–Crippen LogP) is 3.93. The molecule has 0 amide bonds. The first-order valence-electron chi connectivity index (χ1n) is 7.07. The molecule has 1 fully saturated rings. The van der Waals surface area contributed by atoms with Crippen LogP contribution in [0.2, 0.25) is 0 Å². The Morgan fingerprint density at radius 2 is 1.94 bits per heavy atom. The molecule has 0 radical (unpaired) electrons. The van der Waals surface area contributed by atoms with Gasteiger partial charge in [-0.1, -0.05) is 44.9 Å². The monoisotopic (exact) mass is 247 g/mol. The number of benzene rings is 1. The molecule has 100 valence electrons. The van der Waals surface area contributed by atoms with Gasteiger partial charge in [0.15, 0.2) is 0 Å². The Morgan fingerprint density at radius 1 is 1.28 bits per heavy atom. The maximum atomic E-state index is 5.54. The Kier molecular flexibility index (Phi) is 4.28. The summed E-state index contributed by atoms with van der Waals surface area (Å²) in [6, 6.07) is 8.83. The summed E-state index contributed by atoms with van der Waals surface area (Å²) in [5.74, 6) is 1.01. The molecule has 2 nitrogen and oxygen atoms in total.